The van der Waals surface area contributed by atoms with E-state index < -0.39 is 0 Å². The van der Waals surface area contributed by atoms with Crippen molar-refractivity contribution < 1.29 is 4.79 Å². The number of piperidine rings is 1. The molecule has 1 heterocycles. The van der Waals surface area contributed by atoms with Gasteiger partial charge in [0.2, 0.25) is 0 Å². The second-order valence-corrected chi connectivity index (χ2v) is 5.76. The minimum absolute atomic E-state index is 0.0342. The molecule has 4 heteroatoms. The average molecular weight is 275 g/mol. The van der Waals surface area contributed by atoms with E-state index in [-0.39, 0.29) is 12.1 Å². The molecule has 1 aromatic rings. The molecule has 0 bridgehead atoms. The Morgan fingerprint density at radius 3 is 2.40 bits per heavy atom. The molecule has 0 saturated carbocycles. The Hall–Kier alpha value is -1.55. The van der Waals surface area contributed by atoms with E-state index in [9.17, 15) is 4.79 Å². The Morgan fingerprint density at radius 1 is 1.25 bits per heavy atom. The Kier molecular flexibility index (Phi) is 5.01. The van der Waals surface area contributed by atoms with Gasteiger partial charge in [-0.2, -0.15) is 0 Å². The highest BCUT2D eigenvalue weighted by atomic mass is 16.2. The summed E-state index contributed by atoms with van der Waals surface area (Å²) in [6.07, 6.45) is 2.43. The lowest BCUT2D eigenvalue weighted by Crippen LogP contribution is -2.36. The number of nitrogens with one attached hydrogen (secondary N) is 2. The van der Waals surface area contributed by atoms with Crippen LogP contribution in [0.5, 0.6) is 0 Å². The fraction of sp³-hybridized carbons (Fsp3) is 0.562. The van der Waals surface area contributed by atoms with Crippen molar-refractivity contribution in [2.24, 2.45) is 0 Å². The lowest BCUT2D eigenvalue weighted by atomic mass is 9.89. The molecule has 0 spiro atoms. The van der Waals surface area contributed by atoms with Crippen molar-refractivity contribution in [3.05, 3.63) is 35.4 Å². The Bertz CT molecular complexity index is 436. The zero-order valence-electron chi connectivity index (χ0n) is 12.6. The molecule has 1 saturated heterocycles. The fourth-order valence-electron chi connectivity index (χ4n) is 2.61. The van der Waals surface area contributed by atoms with E-state index in [0.717, 1.165) is 18.7 Å². The third-order valence-electron chi connectivity index (χ3n) is 3.99. The highest BCUT2D eigenvalue weighted by molar-refractivity contribution is 5.74. The van der Waals surface area contributed by atoms with Gasteiger partial charge in [-0.15, -0.1) is 0 Å². The minimum atomic E-state index is -0.0556. The van der Waals surface area contributed by atoms with E-state index in [1.165, 1.54) is 18.4 Å². The molecule has 0 aliphatic carbocycles. The first-order valence-electron chi connectivity index (χ1n) is 7.36. The largest absolute Gasteiger partial charge is 0.331 e. The van der Waals surface area contributed by atoms with Crippen molar-refractivity contribution in [1.82, 2.24) is 15.5 Å². The van der Waals surface area contributed by atoms with Crippen LogP contribution in [0.4, 0.5) is 4.79 Å². The molecule has 0 radical (unpaired) electrons. The predicted molar refractivity (Wildman–Crippen MR) is 81.9 cm³/mol. The van der Waals surface area contributed by atoms with Crippen molar-refractivity contribution in [2.75, 3.05) is 27.2 Å². The van der Waals surface area contributed by atoms with Gasteiger partial charge in [0, 0.05) is 14.1 Å². The number of carbonyl (C=O) groups excluding carboxylic acids is 1. The Balaban J connectivity index is 1.98. The second-order valence-electron chi connectivity index (χ2n) is 5.76. The van der Waals surface area contributed by atoms with Crippen LogP contribution in [-0.2, 0) is 0 Å². The van der Waals surface area contributed by atoms with Crippen LogP contribution in [-0.4, -0.2) is 38.1 Å². The fourth-order valence-corrected chi connectivity index (χ4v) is 2.61. The van der Waals surface area contributed by atoms with Crippen LogP contribution < -0.4 is 10.6 Å². The van der Waals surface area contributed by atoms with Crippen LogP contribution in [0, 0.1) is 0 Å². The number of hydrogen-bond acceptors (Lipinski definition) is 2. The number of rotatable bonds is 3. The summed E-state index contributed by atoms with van der Waals surface area (Å²) in [7, 11) is 3.50. The third-order valence-corrected chi connectivity index (χ3v) is 3.99. The van der Waals surface area contributed by atoms with Gasteiger partial charge in [-0.25, -0.2) is 4.79 Å². The second kappa shape index (κ2) is 6.75. The summed E-state index contributed by atoms with van der Waals surface area (Å²) in [5.41, 5.74) is 2.57. The molecule has 1 aromatic carbocycles. The first-order chi connectivity index (χ1) is 9.58. The first-order valence-corrected chi connectivity index (χ1v) is 7.36. The van der Waals surface area contributed by atoms with Crippen molar-refractivity contribution in [1.29, 1.82) is 0 Å². The first kappa shape index (κ1) is 14.9. The molecule has 110 valence electrons. The van der Waals surface area contributed by atoms with Crippen molar-refractivity contribution >= 4 is 6.03 Å². The summed E-state index contributed by atoms with van der Waals surface area (Å²) in [5, 5.41) is 6.37. The zero-order chi connectivity index (χ0) is 14.5. The molecule has 0 aromatic heterocycles. The molecule has 1 atom stereocenters. The van der Waals surface area contributed by atoms with Crippen LogP contribution in [0.15, 0.2) is 24.3 Å². The lowest BCUT2D eigenvalue weighted by Gasteiger charge is -2.24. The van der Waals surface area contributed by atoms with Crippen LogP contribution in [0.3, 0.4) is 0 Å². The van der Waals surface area contributed by atoms with Gasteiger partial charge >= 0.3 is 6.03 Å². The molecular formula is C16H25N3O. The zero-order valence-corrected chi connectivity index (χ0v) is 12.6. The van der Waals surface area contributed by atoms with Crippen molar-refractivity contribution in [2.45, 2.75) is 31.7 Å². The molecular weight excluding hydrogens is 250 g/mol. The van der Waals surface area contributed by atoms with Gasteiger partial charge in [0.05, 0.1) is 6.04 Å². The SMILES string of the molecule is C[C@H](NC(=O)N(C)C)c1ccc(C2CCNCC2)cc1. The number of amides is 2. The lowest BCUT2D eigenvalue weighted by molar-refractivity contribution is 0.214. The predicted octanol–water partition coefficient (Wildman–Crippen LogP) is 2.49. The van der Waals surface area contributed by atoms with E-state index in [4.69, 9.17) is 0 Å². The summed E-state index contributed by atoms with van der Waals surface area (Å²) in [5.74, 6) is 0.678. The van der Waals surface area contributed by atoms with Crippen LogP contribution in [0.1, 0.15) is 42.9 Å². The van der Waals surface area contributed by atoms with Gasteiger partial charge in [0.1, 0.15) is 0 Å². The highest BCUT2D eigenvalue weighted by Crippen LogP contribution is 2.26. The number of benzene rings is 1. The molecule has 20 heavy (non-hydrogen) atoms. The molecule has 0 unspecified atom stereocenters. The smallest absolute Gasteiger partial charge is 0.317 e. The summed E-state index contributed by atoms with van der Waals surface area (Å²) in [6, 6.07) is 8.68. The standard InChI is InChI=1S/C16H25N3O/c1-12(18-16(20)19(2)3)13-4-6-14(7-5-13)15-8-10-17-11-9-15/h4-7,12,15,17H,8-11H2,1-3H3,(H,18,20)/t12-/m0/s1. The van der Waals surface area contributed by atoms with Crippen molar-refractivity contribution in [3.8, 4) is 0 Å². The van der Waals surface area contributed by atoms with Gasteiger partial charge in [-0.1, -0.05) is 24.3 Å². The van der Waals surface area contributed by atoms with E-state index in [1.807, 2.05) is 6.92 Å². The van der Waals surface area contributed by atoms with Crippen molar-refractivity contribution in [3.63, 3.8) is 0 Å². The van der Waals surface area contributed by atoms with Crippen LogP contribution in [0.2, 0.25) is 0 Å². The molecule has 2 N–H and O–H groups in total. The molecule has 1 fully saturated rings. The molecule has 1 aliphatic heterocycles. The molecule has 1 aliphatic rings. The number of nitrogens with zero attached hydrogens (tertiary/aromatic N) is 1. The van der Waals surface area contributed by atoms with E-state index in [1.54, 1.807) is 19.0 Å². The number of urea groups is 1. The van der Waals surface area contributed by atoms with E-state index in [0.29, 0.717) is 5.92 Å². The summed E-state index contributed by atoms with van der Waals surface area (Å²) >= 11 is 0. The highest BCUT2D eigenvalue weighted by Gasteiger charge is 2.16. The molecule has 2 rings (SSSR count). The van der Waals surface area contributed by atoms with Gasteiger partial charge < -0.3 is 15.5 Å². The van der Waals surface area contributed by atoms with E-state index in [2.05, 4.69) is 34.9 Å². The van der Waals surface area contributed by atoms with Crippen LogP contribution >= 0.6 is 0 Å². The maximum atomic E-state index is 11.6. The normalized spacial score (nSPS) is 17.6. The topological polar surface area (TPSA) is 44.4 Å². The summed E-state index contributed by atoms with van der Waals surface area (Å²) < 4.78 is 0. The van der Waals surface area contributed by atoms with E-state index >= 15 is 0 Å². The maximum Gasteiger partial charge on any atom is 0.317 e. The van der Waals surface area contributed by atoms with Gasteiger partial charge in [0.25, 0.3) is 0 Å². The Labute approximate surface area is 121 Å². The number of carbonyl (C=O) groups is 1. The Morgan fingerprint density at radius 2 is 1.85 bits per heavy atom. The number of hydrogen-bond donors (Lipinski definition) is 2. The summed E-state index contributed by atoms with van der Waals surface area (Å²) in [4.78, 5) is 13.2. The van der Waals surface area contributed by atoms with Crippen LogP contribution in [0.25, 0.3) is 0 Å². The third kappa shape index (κ3) is 3.73. The van der Waals surface area contributed by atoms with Gasteiger partial charge in [-0.05, 0) is 49.9 Å². The maximum absolute atomic E-state index is 11.6. The average Bonchev–Trinajstić information content (AvgIpc) is 2.48. The summed E-state index contributed by atoms with van der Waals surface area (Å²) in [6.45, 7) is 4.24. The van der Waals surface area contributed by atoms with Gasteiger partial charge in [-0.3, -0.25) is 0 Å². The monoisotopic (exact) mass is 275 g/mol. The quantitative estimate of drug-likeness (QED) is 0.890. The van der Waals surface area contributed by atoms with Gasteiger partial charge in [0.15, 0.2) is 0 Å². The minimum Gasteiger partial charge on any atom is -0.331 e. The molecule has 4 nitrogen and oxygen atoms in total. The molecule has 2 amide bonds.